The smallest absolute Gasteiger partial charge is 0.270 e. The number of hydrogen-bond donors (Lipinski definition) is 0. The molecule has 0 saturated carbocycles. The lowest BCUT2D eigenvalue weighted by molar-refractivity contribution is -0.131. The average Bonchev–Trinajstić information content (AvgIpc) is 3.05. The van der Waals surface area contributed by atoms with Crippen LogP contribution in [0.4, 0.5) is 0 Å². The lowest BCUT2D eigenvalue weighted by Gasteiger charge is -2.35. The maximum Gasteiger partial charge on any atom is 0.270 e. The first-order chi connectivity index (χ1) is 11.1. The molecule has 3 heterocycles. The van der Waals surface area contributed by atoms with Crippen LogP contribution in [0.3, 0.4) is 0 Å². The topological polar surface area (TPSA) is 70.8 Å². The van der Waals surface area contributed by atoms with Gasteiger partial charge < -0.3 is 9.47 Å². The maximum atomic E-state index is 12.7. The highest BCUT2D eigenvalue weighted by atomic mass is 16.2. The molecule has 0 aliphatic carbocycles. The van der Waals surface area contributed by atoms with E-state index < -0.39 is 0 Å². The van der Waals surface area contributed by atoms with Crippen LogP contribution < -0.4 is 0 Å². The summed E-state index contributed by atoms with van der Waals surface area (Å²) in [4.78, 5) is 30.5. The van der Waals surface area contributed by atoms with Crippen molar-refractivity contribution in [2.75, 3.05) is 20.1 Å². The maximum absolute atomic E-state index is 12.7. The molecule has 0 aromatic carbocycles. The Balaban J connectivity index is 1.72. The molecule has 23 heavy (non-hydrogen) atoms. The van der Waals surface area contributed by atoms with Crippen LogP contribution in [0.15, 0.2) is 17.5 Å². The summed E-state index contributed by atoms with van der Waals surface area (Å²) >= 11 is 0. The molecule has 1 atom stereocenters. The fraction of sp³-hybridized carbons (Fsp3) is 0.625. The molecule has 1 fully saturated rings. The average molecular weight is 317 g/mol. The summed E-state index contributed by atoms with van der Waals surface area (Å²) in [5.74, 6) is 0.987. The molecular formula is C16H23N5O2. The van der Waals surface area contributed by atoms with E-state index in [4.69, 9.17) is 0 Å². The van der Waals surface area contributed by atoms with E-state index in [1.165, 1.54) is 5.01 Å². The van der Waals surface area contributed by atoms with Crippen molar-refractivity contribution in [2.45, 2.75) is 45.1 Å². The normalized spacial score (nSPS) is 22.3. The Kier molecular flexibility index (Phi) is 4.45. The zero-order valence-electron chi connectivity index (χ0n) is 13.7. The van der Waals surface area contributed by atoms with Crippen LogP contribution in [0, 0.1) is 0 Å². The third kappa shape index (κ3) is 3.13. The summed E-state index contributed by atoms with van der Waals surface area (Å²) in [5.41, 5.74) is 0.495. The predicted molar refractivity (Wildman–Crippen MR) is 85.9 cm³/mol. The molecule has 0 spiro atoms. The lowest BCUT2D eigenvalue weighted by atomic mass is 10.0. The van der Waals surface area contributed by atoms with Crippen molar-refractivity contribution in [1.29, 1.82) is 0 Å². The first-order valence-electron chi connectivity index (χ1n) is 8.25. The number of carbonyl (C=O) groups excluding carboxylic acids is 2. The zero-order valence-corrected chi connectivity index (χ0v) is 13.7. The zero-order chi connectivity index (χ0) is 16.4. The molecule has 0 bridgehead atoms. The van der Waals surface area contributed by atoms with Crippen LogP contribution in [0.25, 0.3) is 0 Å². The largest absolute Gasteiger partial charge is 0.335 e. The molecule has 3 rings (SSSR count). The number of aryl methyl sites for hydroxylation is 1. The molecule has 2 amide bonds. The fourth-order valence-electron chi connectivity index (χ4n) is 3.32. The molecule has 0 radical (unpaired) electrons. The van der Waals surface area contributed by atoms with Gasteiger partial charge in [-0.2, -0.15) is 5.10 Å². The van der Waals surface area contributed by atoms with Gasteiger partial charge in [-0.15, -0.1) is 0 Å². The van der Waals surface area contributed by atoms with Gasteiger partial charge in [-0.1, -0.05) is 6.92 Å². The number of imidazole rings is 1. The van der Waals surface area contributed by atoms with E-state index in [9.17, 15) is 9.59 Å². The summed E-state index contributed by atoms with van der Waals surface area (Å²) < 4.78 is 2.19. The number of amides is 2. The van der Waals surface area contributed by atoms with Gasteiger partial charge in [0.1, 0.15) is 11.5 Å². The van der Waals surface area contributed by atoms with Gasteiger partial charge in [0, 0.05) is 51.8 Å². The minimum Gasteiger partial charge on any atom is -0.335 e. The van der Waals surface area contributed by atoms with Crippen molar-refractivity contribution in [1.82, 2.24) is 19.5 Å². The first-order valence-corrected chi connectivity index (χ1v) is 8.25. The summed E-state index contributed by atoms with van der Waals surface area (Å²) in [5, 5.41) is 5.43. The van der Waals surface area contributed by atoms with Crippen molar-refractivity contribution < 1.29 is 9.59 Å². The van der Waals surface area contributed by atoms with Gasteiger partial charge in [0.05, 0.1) is 6.04 Å². The molecular weight excluding hydrogens is 294 g/mol. The second kappa shape index (κ2) is 6.52. The number of nitrogens with zero attached hydrogens (tertiary/aromatic N) is 5. The molecule has 0 N–H and O–H groups in total. The number of likely N-dealkylation sites (tertiary alicyclic amines) is 1. The van der Waals surface area contributed by atoms with Crippen LogP contribution in [-0.4, -0.2) is 57.1 Å². The number of hydrogen-bond acceptors (Lipinski definition) is 4. The van der Waals surface area contributed by atoms with Crippen molar-refractivity contribution >= 4 is 17.5 Å². The summed E-state index contributed by atoms with van der Waals surface area (Å²) in [6.45, 7) is 3.52. The van der Waals surface area contributed by atoms with Gasteiger partial charge >= 0.3 is 0 Å². The number of aromatic nitrogens is 2. The van der Waals surface area contributed by atoms with Crippen molar-refractivity contribution in [2.24, 2.45) is 5.10 Å². The van der Waals surface area contributed by atoms with Crippen LogP contribution in [0.1, 0.15) is 44.5 Å². The number of hydrazone groups is 1. The summed E-state index contributed by atoms with van der Waals surface area (Å²) in [7, 11) is 1.60. The standard InChI is InChI=1S/C16H23N5O2/c1-3-14-17-8-10-21(14)12-5-4-9-20(11-12)16(23)13-6-7-15(22)19(2)18-13/h8,10,12H,3-7,9,11H2,1-2H3/t12-/m0/s1. The van der Waals surface area contributed by atoms with Crippen molar-refractivity contribution in [3.05, 3.63) is 18.2 Å². The molecule has 124 valence electrons. The first kappa shape index (κ1) is 15.7. The summed E-state index contributed by atoms with van der Waals surface area (Å²) in [6.07, 6.45) is 7.54. The Morgan fingerprint density at radius 2 is 2.22 bits per heavy atom. The highest BCUT2D eigenvalue weighted by Gasteiger charge is 2.30. The van der Waals surface area contributed by atoms with Gasteiger partial charge in [0.15, 0.2) is 0 Å². The molecule has 1 aromatic heterocycles. The minimum absolute atomic E-state index is 0.0350. The highest BCUT2D eigenvalue weighted by Crippen LogP contribution is 2.24. The van der Waals surface area contributed by atoms with Gasteiger partial charge in [0.25, 0.3) is 5.91 Å². The Hall–Kier alpha value is -2.18. The third-order valence-electron chi connectivity index (χ3n) is 4.60. The summed E-state index contributed by atoms with van der Waals surface area (Å²) in [6, 6.07) is 0.272. The quantitative estimate of drug-likeness (QED) is 0.841. The molecule has 0 unspecified atom stereocenters. The predicted octanol–water partition coefficient (Wildman–Crippen LogP) is 1.22. The molecule has 2 aliphatic heterocycles. The van der Waals surface area contributed by atoms with Gasteiger partial charge in [-0.3, -0.25) is 9.59 Å². The highest BCUT2D eigenvalue weighted by molar-refractivity contribution is 6.39. The lowest BCUT2D eigenvalue weighted by Crippen LogP contribution is -2.45. The van der Waals surface area contributed by atoms with Crippen LogP contribution in [0.5, 0.6) is 0 Å². The SMILES string of the molecule is CCc1nccn1[C@H]1CCCN(C(=O)C2=NN(C)C(=O)CC2)C1. The van der Waals surface area contributed by atoms with Crippen LogP contribution in [0.2, 0.25) is 0 Å². The van der Waals surface area contributed by atoms with E-state index in [1.54, 1.807) is 7.05 Å². The number of piperidine rings is 1. The molecule has 2 aliphatic rings. The van der Waals surface area contributed by atoms with Crippen LogP contribution >= 0.6 is 0 Å². The van der Waals surface area contributed by atoms with Crippen molar-refractivity contribution in [3.63, 3.8) is 0 Å². The van der Waals surface area contributed by atoms with Gasteiger partial charge in [-0.05, 0) is 12.8 Å². The number of carbonyl (C=O) groups is 2. The van der Waals surface area contributed by atoms with E-state index in [-0.39, 0.29) is 17.9 Å². The Morgan fingerprint density at radius 3 is 2.96 bits per heavy atom. The molecule has 7 heteroatoms. The fourth-order valence-corrected chi connectivity index (χ4v) is 3.32. The van der Waals surface area contributed by atoms with E-state index in [0.29, 0.717) is 25.1 Å². The van der Waals surface area contributed by atoms with Gasteiger partial charge in [0.2, 0.25) is 5.91 Å². The second-order valence-corrected chi connectivity index (χ2v) is 6.12. The Morgan fingerprint density at radius 1 is 1.39 bits per heavy atom. The van der Waals surface area contributed by atoms with E-state index in [2.05, 4.69) is 21.6 Å². The van der Waals surface area contributed by atoms with E-state index in [0.717, 1.165) is 31.6 Å². The van der Waals surface area contributed by atoms with Crippen LogP contribution in [-0.2, 0) is 16.0 Å². The second-order valence-electron chi connectivity index (χ2n) is 6.12. The number of rotatable bonds is 3. The van der Waals surface area contributed by atoms with E-state index >= 15 is 0 Å². The Labute approximate surface area is 136 Å². The minimum atomic E-state index is -0.0379. The molecule has 7 nitrogen and oxygen atoms in total. The van der Waals surface area contributed by atoms with Gasteiger partial charge in [-0.25, -0.2) is 9.99 Å². The molecule has 1 aromatic rings. The monoisotopic (exact) mass is 317 g/mol. The van der Waals surface area contributed by atoms with Crippen molar-refractivity contribution in [3.8, 4) is 0 Å². The Bertz CT molecular complexity index is 636. The van der Waals surface area contributed by atoms with E-state index in [1.807, 2.05) is 17.3 Å². The molecule has 1 saturated heterocycles. The third-order valence-corrected chi connectivity index (χ3v) is 4.60.